The van der Waals surface area contributed by atoms with Crippen LogP contribution in [0.1, 0.15) is 5.56 Å². The molecule has 0 fully saturated rings. The van der Waals surface area contributed by atoms with Crippen molar-refractivity contribution in [1.82, 2.24) is 10.2 Å². The highest BCUT2D eigenvalue weighted by Gasteiger charge is 2.37. The van der Waals surface area contributed by atoms with Gasteiger partial charge < -0.3 is 5.73 Å². The fourth-order valence-electron chi connectivity index (χ4n) is 0.676. The fourth-order valence-corrected chi connectivity index (χ4v) is 1.05. The molecule has 1 rings (SSSR count). The third kappa shape index (κ3) is 1.94. The van der Waals surface area contributed by atoms with E-state index in [2.05, 4.69) is 10.2 Å². The predicted molar refractivity (Wildman–Crippen MR) is 41.5 cm³/mol. The first-order valence-electron chi connectivity index (χ1n) is 2.88. The Balaban J connectivity index is 3.43. The summed E-state index contributed by atoms with van der Waals surface area (Å²) in [6, 6.07) is 0. The van der Waals surface area contributed by atoms with Crippen molar-refractivity contribution in [1.29, 1.82) is 0 Å². The monoisotopic (exact) mass is 231 g/mol. The van der Waals surface area contributed by atoms with Gasteiger partial charge in [0.05, 0.1) is 5.69 Å². The molecule has 2 N–H and O–H groups in total. The summed E-state index contributed by atoms with van der Waals surface area (Å²) in [5.74, 6) is 0. The van der Waals surface area contributed by atoms with Gasteiger partial charge in [0.1, 0.15) is 5.56 Å². The highest BCUT2D eigenvalue weighted by atomic mass is 35.5. The van der Waals surface area contributed by atoms with Crippen molar-refractivity contribution in [3.63, 3.8) is 0 Å². The molecule has 3 nitrogen and oxygen atoms in total. The molecule has 0 radical (unpaired) electrons. The van der Waals surface area contributed by atoms with Crippen LogP contribution >= 0.6 is 23.2 Å². The van der Waals surface area contributed by atoms with Crippen molar-refractivity contribution >= 4 is 28.9 Å². The zero-order chi connectivity index (χ0) is 10.2. The van der Waals surface area contributed by atoms with Crippen LogP contribution in [0, 0.1) is 0 Å². The number of halogens is 5. The van der Waals surface area contributed by atoms with Gasteiger partial charge in [-0.2, -0.15) is 13.2 Å². The number of rotatable bonds is 0. The highest BCUT2D eigenvalue weighted by Crippen LogP contribution is 2.39. The number of nitrogen functional groups attached to an aromatic ring is 1. The lowest BCUT2D eigenvalue weighted by Gasteiger charge is -2.10. The molecule has 0 aliphatic heterocycles. The van der Waals surface area contributed by atoms with Crippen LogP contribution in [0.2, 0.25) is 10.3 Å². The third-order valence-corrected chi connectivity index (χ3v) is 1.75. The Labute approximate surface area is 80.6 Å². The summed E-state index contributed by atoms with van der Waals surface area (Å²) in [7, 11) is 0. The lowest BCUT2D eigenvalue weighted by Crippen LogP contribution is -2.12. The minimum Gasteiger partial charge on any atom is -0.396 e. The number of nitrogens with two attached hydrogens (primary N) is 1. The van der Waals surface area contributed by atoms with Gasteiger partial charge in [-0.05, 0) is 0 Å². The average molecular weight is 232 g/mol. The van der Waals surface area contributed by atoms with Crippen molar-refractivity contribution in [2.75, 3.05) is 5.73 Å². The summed E-state index contributed by atoms with van der Waals surface area (Å²) in [6.07, 6.45) is -4.68. The second-order valence-electron chi connectivity index (χ2n) is 2.07. The number of aromatic nitrogens is 2. The molecule has 0 unspecified atom stereocenters. The second kappa shape index (κ2) is 3.19. The normalized spacial score (nSPS) is 11.8. The molecule has 0 spiro atoms. The number of nitrogens with zero attached hydrogens (tertiary/aromatic N) is 2. The first-order chi connectivity index (χ1) is 5.84. The van der Waals surface area contributed by atoms with Crippen LogP contribution in [0.15, 0.2) is 0 Å². The van der Waals surface area contributed by atoms with Gasteiger partial charge in [-0.15, -0.1) is 10.2 Å². The lowest BCUT2D eigenvalue weighted by atomic mass is 10.2. The van der Waals surface area contributed by atoms with E-state index in [0.29, 0.717) is 0 Å². The molecule has 0 amide bonds. The van der Waals surface area contributed by atoms with E-state index in [1.165, 1.54) is 0 Å². The van der Waals surface area contributed by atoms with E-state index in [1.807, 2.05) is 0 Å². The van der Waals surface area contributed by atoms with E-state index in [9.17, 15) is 13.2 Å². The molecule has 0 aromatic carbocycles. The van der Waals surface area contributed by atoms with Crippen LogP contribution in [0.5, 0.6) is 0 Å². The maximum atomic E-state index is 12.2. The maximum Gasteiger partial charge on any atom is 0.421 e. The van der Waals surface area contributed by atoms with Gasteiger partial charge in [-0.3, -0.25) is 0 Å². The van der Waals surface area contributed by atoms with E-state index in [4.69, 9.17) is 28.9 Å². The Bertz CT molecular complexity index is 339. The minimum atomic E-state index is -4.68. The highest BCUT2D eigenvalue weighted by molar-refractivity contribution is 6.34. The van der Waals surface area contributed by atoms with Gasteiger partial charge in [0.25, 0.3) is 0 Å². The number of hydrogen-bond acceptors (Lipinski definition) is 3. The summed E-state index contributed by atoms with van der Waals surface area (Å²) < 4.78 is 36.6. The van der Waals surface area contributed by atoms with Gasteiger partial charge >= 0.3 is 6.18 Å². The smallest absolute Gasteiger partial charge is 0.396 e. The molecule has 1 heterocycles. The zero-order valence-corrected chi connectivity index (χ0v) is 7.37. The van der Waals surface area contributed by atoms with Crippen molar-refractivity contribution < 1.29 is 13.2 Å². The molecule has 0 aliphatic rings. The Hall–Kier alpha value is -0.750. The second-order valence-corrected chi connectivity index (χ2v) is 2.78. The molecule has 1 aromatic rings. The summed E-state index contributed by atoms with van der Waals surface area (Å²) in [5, 5.41) is 4.77. The molecule has 8 heteroatoms. The van der Waals surface area contributed by atoms with E-state index in [-0.39, 0.29) is 0 Å². The molecule has 0 aliphatic carbocycles. The van der Waals surface area contributed by atoms with Crippen LogP contribution in [0.4, 0.5) is 18.9 Å². The summed E-state index contributed by atoms with van der Waals surface area (Å²) in [6.45, 7) is 0. The van der Waals surface area contributed by atoms with E-state index in [0.717, 1.165) is 0 Å². The first-order valence-corrected chi connectivity index (χ1v) is 3.64. The topological polar surface area (TPSA) is 51.8 Å². The standard InChI is InChI=1S/C5H2Cl2F3N3/c6-3-1(5(8,9)10)2(11)4(7)13-12-3/h(H2,11,12). The number of anilines is 1. The number of hydrogen-bond donors (Lipinski definition) is 1. The molecular formula is C5H2Cl2F3N3. The SMILES string of the molecule is Nc1c(Cl)nnc(Cl)c1C(F)(F)F. The molecule has 0 saturated carbocycles. The largest absolute Gasteiger partial charge is 0.421 e. The predicted octanol–water partition coefficient (Wildman–Crippen LogP) is 2.38. The molecule has 0 bridgehead atoms. The van der Waals surface area contributed by atoms with Crippen molar-refractivity contribution in [2.24, 2.45) is 0 Å². The lowest BCUT2D eigenvalue weighted by molar-refractivity contribution is -0.137. The zero-order valence-electron chi connectivity index (χ0n) is 5.86. The average Bonchev–Trinajstić information content (AvgIpc) is 1.95. The van der Waals surface area contributed by atoms with Crippen molar-refractivity contribution in [3.05, 3.63) is 15.9 Å². The summed E-state index contributed by atoms with van der Waals surface area (Å²) in [5.41, 5.74) is 3.06. The molecule has 72 valence electrons. The van der Waals surface area contributed by atoms with Crippen LogP contribution < -0.4 is 5.73 Å². The molecule has 13 heavy (non-hydrogen) atoms. The fraction of sp³-hybridized carbons (Fsp3) is 0.200. The third-order valence-electron chi connectivity index (χ3n) is 1.21. The minimum absolute atomic E-state index is 0.517. The van der Waals surface area contributed by atoms with Crippen LogP contribution in [0.3, 0.4) is 0 Å². The van der Waals surface area contributed by atoms with E-state index in [1.54, 1.807) is 0 Å². The van der Waals surface area contributed by atoms with Crippen molar-refractivity contribution in [3.8, 4) is 0 Å². The quantitative estimate of drug-likeness (QED) is 0.746. The van der Waals surface area contributed by atoms with Crippen molar-refractivity contribution in [2.45, 2.75) is 6.18 Å². The molecule has 0 saturated heterocycles. The van der Waals surface area contributed by atoms with Gasteiger partial charge in [0, 0.05) is 0 Å². The van der Waals surface area contributed by atoms with Gasteiger partial charge in [-0.25, -0.2) is 0 Å². The Morgan fingerprint density at radius 2 is 1.54 bits per heavy atom. The Morgan fingerprint density at radius 1 is 1.08 bits per heavy atom. The number of alkyl halides is 3. The van der Waals surface area contributed by atoms with E-state index >= 15 is 0 Å². The molecular weight excluding hydrogens is 230 g/mol. The molecule has 1 aromatic heterocycles. The maximum absolute atomic E-state index is 12.2. The van der Waals surface area contributed by atoms with Crippen LogP contribution in [0.25, 0.3) is 0 Å². The summed E-state index contributed by atoms with van der Waals surface area (Å²) in [4.78, 5) is 0. The van der Waals surface area contributed by atoms with Crippen LogP contribution in [-0.2, 0) is 6.18 Å². The van der Waals surface area contributed by atoms with Crippen LogP contribution in [-0.4, -0.2) is 10.2 Å². The first kappa shape index (κ1) is 10.3. The van der Waals surface area contributed by atoms with Gasteiger partial charge in [0.15, 0.2) is 10.3 Å². The Kier molecular flexibility index (Phi) is 2.53. The summed E-state index contributed by atoms with van der Waals surface area (Å²) >= 11 is 10.4. The van der Waals surface area contributed by atoms with Gasteiger partial charge in [-0.1, -0.05) is 23.2 Å². The van der Waals surface area contributed by atoms with Gasteiger partial charge in [0.2, 0.25) is 0 Å². The molecule has 0 atom stereocenters. The van der Waals surface area contributed by atoms with E-state index < -0.39 is 27.7 Å². The Morgan fingerprint density at radius 3 is 1.92 bits per heavy atom.